The Labute approximate surface area is 159 Å². The minimum absolute atomic E-state index is 0.00813. The second kappa shape index (κ2) is 8.30. The summed E-state index contributed by atoms with van der Waals surface area (Å²) in [7, 11) is 0. The first-order chi connectivity index (χ1) is 13.0. The standard InChI is InChI=1S/C17H20F3N7O/c1-4-5-12(21)13-25-14(23-9-16(2,3)28)27-15(26-13)24-11-6-10(7-22-8-11)17(18,19)20/h4-8,21,28H,9H2,1-3H3,(H2,23,24,25,26,27). The lowest BCUT2D eigenvalue weighted by molar-refractivity contribution is -0.137. The summed E-state index contributed by atoms with van der Waals surface area (Å²) in [5, 5.41) is 23.3. The summed E-state index contributed by atoms with van der Waals surface area (Å²) in [6.45, 7) is 4.99. The molecule has 2 aromatic rings. The molecule has 0 radical (unpaired) electrons. The molecule has 8 nitrogen and oxygen atoms in total. The van der Waals surface area contributed by atoms with Gasteiger partial charge in [-0.2, -0.15) is 28.1 Å². The molecule has 0 aliphatic rings. The van der Waals surface area contributed by atoms with E-state index in [0.717, 1.165) is 6.07 Å². The van der Waals surface area contributed by atoms with Gasteiger partial charge in [0.1, 0.15) is 0 Å². The highest BCUT2D eigenvalue weighted by Gasteiger charge is 2.31. The molecule has 0 amide bonds. The normalized spacial score (nSPS) is 12.2. The van der Waals surface area contributed by atoms with Crippen molar-refractivity contribution in [3.05, 3.63) is 42.0 Å². The van der Waals surface area contributed by atoms with E-state index in [4.69, 9.17) is 5.41 Å². The molecule has 4 N–H and O–H groups in total. The molecule has 0 saturated carbocycles. The van der Waals surface area contributed by atoms with E-state index in [1.165, 1.54) is 12.3 Å². The number of nitrogens with one attached hydrogen (secondary N) is 3. The zero-order valence-corrected chi connectivity index (χ0v) is 15.5. The molecule has 0 atom stereocenters. The van der Waals surface area contributed by atoms with E-state index < -0.39 is 17.3 Å². The summed E-state index contributed by atoms with van der Waals surface area (Å²) in [4.78, 5) is 15.8. The second-order valence-electron chi connectivity index (χ2n) is 6.47. The van der Waals surface area contributed by atoms with Gasteiger partial charge >= 0.3 is 6.18 Å². The van der Waals surface area contributed by atoms with Crippen molar-refractivity contribution in [2.24, 2.45) is 0 Å². The number of pyridine rings is 1. The van der Waals surface area contributed by atoms with E-state index >= 15 is 0 Å². The van der Waals surface area contributed by atoms with Crippen LogP contribution in [0.1, 0.15) is 32.2 Å². The summed E-state index contributed by atoms with van der Waals surface area (Å²) in [5.74, 6) is -0.00350. The Bertz CT molecular complexity index is 876. The summed E-state index contributed by atoms with van der Waals surface area (Å²) in [6.07, 6.45) is 0.453. The van der Waals surface area contributed by atoms with Crippen LogP contribution in [0.25, 0.3) is 0 Å². The molecule has 0 fully saturated rings. The molecule has 0 aromatic carbocycles. The molecule has 150 valence electrons. The van der Waals surface area contributed by atoms with E-state index in [9.17, 15) is 18.3 Å². The van der Waals surface area contributed by atoms with Crippen LogP contribution in [-0.2, 0) is 6.18 Å². The molecule has 0 unspecified atom stereocenters. The average molecular weight is 395 g/mol. The van der Waals surface area contributed by atoms with Crippen LogP contribution >= 0.6 is 0 Å². The van der Waals surface area contributed by atoms with Gasteiger partial charge in [-0.3, -0.25) is 10.4 Å². The van der Waals surface area contributed by atoms with Gasteiger partial charge in [-0.15, -0.1) is 0 Å². The Morgan fingerprint density at radius 1 is 1.18 bits per heavy atom. The molecular formula is C17H20F3N7O. The lowest BCUT2D eigenvalue weighted by Gasteiger charge is -2.18. The number of allylic oxidation sites excluding steroid dienone is 2. The van der Waals surface area contributed by atoms with Gasteiger partial charge in [0.05, 0.1) is 28.8 Å². The monoisotopic (exact) mass is 395 g/mol. The highest BCUT2D eigenvalue weighted by Crippen LogP contribution is 2.30. The first kappa shape index (κ1) is 21.2. The van der Waals surface area contributed by atoms with Gasteiger partial charge in [0.15, 0.2) is 5.82 Å². The molecule has 2 rings (SSSR count). The zero-order chi connectivity index (χ0) is 20.9. The number of nitrogens with zero attached hydrogens (tertiary/aromatic N) is 4. The number of alkyl halides is 3. The Hall–Kier alpha value is -3.08. The largest absolute Gasteiger partial charge is 0.417 e. The molecule has 2 heterocycles. The van der Waals surface area contributed by atoms with Crippen molar-refractivity contribution in [2.45, 2.75) is 32.5 Å². The Morgan fingerprint density at radius 2 is 1.86 bits per heavy atom. The number of anilines is 3. The first-order valence-corrected chi connectivity index (χ1v) is 8.21. The van der Waals surface area contributed by atoms with E-state index in [-0.39, 0.29) is 35.7 Å². The van der Waals surface area contributed by atoms with E-state index in [2.05, 4.69) is 30.6 Å². The number of halogens is 3. The summed E-state index contributed by atoms with van der Waals surface area (Å²) in [5.41, 5.74) is -1.96. The third-order valence-corrected chi connectivity index (χ3v) is 3.21. The maximum atomic E-state index is 12.9. The van der Waals surface area contributed by atoms with Crippen LogP contribution in [0.2, 0.25) is 0 Å². The molecule has 11 heteroatoms. The predicted molar refractivity (Wildman–Crippen MR) is 98.8 cm³/mol. The van der Waals surface area contributed by atoms with Crippen LogP contribution in [-0.4, -0.2) is 42.9 Å². The average Bonchev–Trinajstić information content (AvgIpc) is 2.59. The van der Waals surface area contributed by atoms with Crippen molar-refractivity contribution in [3.63, 3.8) is 0 Å². The van der Waals surface area contributed by atoms with Crippen molar-refractivity contribution < 1.29 is 18.3 Å². The molecular weight excluding hydrogens is 375 g/mol. The minimum Gasteiger partial charge on any atom is -0.389 e. The van der Waals surface area contributed by atoms with Crippen molar-refractivity contribution >= 4 is 23.3 Å². The van der Waals surface area contributed by atoms with Crippen LogP contribution in [0, 0.1) is 5.41 Å². The summed E-state index contributed by atoms with van der Waals surface area (Å²) in [6, 6.07) is 0.873. The summed E-state index contributed by atoms with van der Waals surface area (Å²) < 4.78 is 38.6. The maximum absolute atomic E-state index is 12.9. The van der Waals surface area contributed by atoms with Crippen LogP contribution in [0.3, 0.4) is 0 Å². The number of hydrogen-bond donors (Lipinski definition) is 4. The topological polar surface area (TPSA) is 120 Å². The predicted octanol–water partition coefficient (Wildman–Crippen LogP) is 3.16. The number of aliphatic hydroxyl groups is 1. The van der Waals surface area contributed by atoms with Gasteiger partial charge in [-0.25, -0.2) is 0 Å². The van der Waals surface area contributed by atoms with Crippen molar-refractivity contribution in [1.29, 1.82) is 5.41 Å². The third-order valence-electron chi connectivity index (χ3n) is 3.21. The fraction of sp³-hybridized carbons (Fsp3) is 0.353. The molecule has 0 saturated heterocycles. The number of aromatic nitrogens is 4. The Kier molecular flexibility index (Phi) is 6.29. The van der Waals surface area contributed by atoms with Gasteiger partial charge in [0.25, 0.3) is 0 Å². The molecule has 0 aliphatic carbocycles. The van der Waals surface area contributed by atoms with Gasteiger partial charge in [0.2, 0.25) is 11.9 Å². The minimum atomic E-state index is -4.54. The quantitative estimate of drug-likeness (QED) is 0.532. The van der Waals surface area contributed by atoms with E-state index in [1.54, 1.807) is 26.8 Å². The lowest BCUT2D eigenvalue weighted by Crippen LogP contribution is -2.30. The van der Waals surface area contributed by atoms with Crippen LogP contribution < -0.4 is 10.6 Å². The third kappa shape index (κ3) is 6.27. The van der Waals surface area contributed by atoms with Crippen LogP contribution in [0.4, 0.5) is 30.8 Å². The fourth-order valence-electron chi connectivity index (χ4n) is 1.96. The summed E-state index contributed by atoms with van der Waals surface area (Å²) >= 11 is 0. The van der Waals surface area contributed by atoms with Crippen molar-refractivity contribution in [1.82, 2.24) is 19.9 Å². The maximum Gasteiger partial charge on any atom is 0.417 e. The smallest absolute Gasteiger partial charge is 0.389 e. The SMILES string of the molecule is CC=CC(=N)c1nc(NCC(C)(C)O)nc(Nc2cncc(C(F)(F)F)c2)n1. The van der Waals surface area contributed by atoms with Gasteiger partial charge in [-0.1, -0.05) is 6.08 Å². The highest BCUT2D eigenvalue weighted by molar-refractivity contribution is 6.03. The van der Waals surface area contributed by atoms with Crippen molar-refractivity contribution in [2.75, 3.05) is 17.2 Å². The van der Waals surface area contributed by atoms with Crippen molar-refractivity contribution in [3.8, 4) is 0 Å². The zero-order valence-electron chi connectivity index (χ0n) is 15.5. The highest BCUT2D eigenvalue weighted by atomic mass is 19.4. The van der Waals surface area contributed by atoms with E-state index in [1.807, 2.05) is 0 Å². The molecule has 0 spiro atoms. The Morgan fingerprint density at radius 3 is 2.46 bits per heavy atom. The molecule has 2 aromatic heterocycles. The second-order valence-corrected chi connectivity index (χ2v) is 6.47. The molecule has 28 heavy (non-hydrogen) atoms. The van der Waals surface area contributed by atoms with Gasteiger partial charge < -0.3 is 15.7 Å². The van der Waals surface area contributed by atoms with Gasteiger partial charge in [0, 0.05) is 12.7 Å². The van der Waals surface area contributed by atoms with Gasteiger partial charge in [-0.05, 0) is 32.9 Å². The Balaban J connectivity index is 2.36. The first-order valence-electron chi connectivity index (χ1n) is 8.21. The lowest BCUT2D eigenvalue weighted by atomic mass is 10.1. The molecule has 0 aliphatic heterocycles. The van der Waals surface area contributed by atoms with E-state index in [0.29, 0.717) is 6.20 Å². The number of rotatable bonds is 7. The number of hydrogen-bond acceptors (Lipinski definition) is 8. The van der Waals surface area contributed by atoms with Crippen LogP contribution in [0.5, 0.6) is 0 Å². The fourth-order valence-corrected chi connectivity index (χ4v) is 1.96. The van der Waals surface area contributed by atoms with Crippen LogP contribution in [0.15, 0.2) is 30.6 Å². The molecule has 0 bridgehead atoms.